The molecule has 0 aliphatic carbocycles. The van der Waals surface area contributed by atoms with Crippen LogP contribution in [0.5, 0.6) is 0 Å². The fourth-order valence-electron chi connectivity index (χ4n) is 1.48. The maximum Gasteiger partial charge on any atom is 0.434 e. The van der Waals surface area contributed by atoms with Crippen LogP contribution in [0.25, 0.3) is 5.69 Å². The predicted molar refractivity (Wildman–Crippen MR) is 70.8 cm³/mol. The van der Waals surface area contributed by atoms with Crippen LogP contribution in [0.15, 0.2) is 53.8 Å². The topological polar surface area (TPSA) is 56.5 Å². The third-order valence-corrected chi connectivity index (χ3v) is 2.37. The third kappa shape index (κ3) is 3.77. The number of rotatable bonds is 3. The molecule has 0 aliphatic heterocycles. The summed E-state index contributed by atoms with van der Waals surface area (Å²) in [6, 6.07) is 11.4. The zero-order valence-corrected chi connectivity index (χ0v) is 10.7. The van der Waals surface area contributed by atoms with Gasteiger partial charge in [-0.1, -0.05) is 25.1 Å². The highest BCUT2D eigenvalue weighted by molar-refractivity contribution is 5.68. The normalized spacial score (nSPS) is 11.3. The van der Waals surface area contributed by atoms with Crippen LogP contribution in [-0.2, 0) is 4.74 Å². The second kappa shape index (κ2) is 6.49. The summed E-state index contributed by atoms with van der Waals surface area (Å²) in [5.41, 5.74) is 0.947. The number of carbonyl (C=O) groups excluding carboxylic acids is 1. The molecule has 0 saturated heterocycles. The van der Waals surface area contributed by atoms with Crippen molar-refractivity contribution in [2.24, 2.45) is 4.99 Å². The first-order chi connectivity index (χ1) is 9.29. The minimum Gasteiger partial charge on any atom is -0.448 e. The van der Waals surface area contributed by atoms with Gasteiger partial charge in [-0.3, -0.25) is 0 Å². The highest BCUT2D eigenvalue weighted by Gasteiger charge is 1.98. The molecule has 0 bridgehead atoms. The number of ether oxygens (including phenoxy) is 1. The maximum atomic E-state index is 11.3. The average molecular weight is 257 g/mol. The van der Waals surface area contributed by atoms with E-state index < -0.39 is 6.09 Å². The number of carbonyl (C=O) groups is 1. The van der Waals surface area contributed by atoms with E-state index in [1.807, 2.05) is 37.3 Å². The first-order valence-electron chi connectivity index (χ1n) is 6.11. The van der Waals surface area contributed by atoms with Gasteiger partial charge in [0.2, 0.25) is 0 Å². The summed E-state index contributed by atoms with van der Waals surface area (Å²) < 4.78 is 6.57. The predicted octanol–water partition coefficient (Wildman–Crippen LogP) is 2.32. The van der Waals surface area contributed by atoms with E-state index in [0.29, 0.717) is 12.0 Å². The Bertz CT molecular complexity index is 585. The summed E-state index contributed by atoms with van der Waals surface area (Å²) in [5, 5.41) is 4.68. The van der Waals surface area contributed by atoms with Crippen LogP contribution < -0.4 is 5.36 Å². The molecule has 19 heavy (non-hydrogen) atoms. The average Bonchev–Trinajstić information content (AvgIpc) is 2.47. The number of para-hydroxylation sites is 1. The molecule has 98 valence electrons. The smallest absolute Gasteiger partial charge is 0.434 e. The molecule has 1 amide bonds. The Kier molecular flexibility index (Phi) is 4.44. The molecule has 5 nitrogen and oxygen atoms in total. The highest BCUT2D eigenvalue weighted by atomic mass is 16.5. The third-order valence-electron chi connectivity index (χ3n) is 2.37. The molecular weight excluding hydrogens is 242 g/mol. The summed E-state index contributed by atoms with van der Waals surface area (Å²) >= 11 is 0. The van der Waals surface area contributed by atoms with E-state index in [1.54, 1.807) is 16.9 Å². The van der Waals surface area contributed by atoms with Crippen molar-refractivity contribution < 1.29 is 9.53 Å². The largest absolute Gasteiger partial charge is 0.448 e. The van der Waals surface area contributed by atoms with Crippen LogP contribution in [0, 0.1) is 0 Å². The Balaban J connectivity index is 2.15. The van der Waals surface area contributed by atoms with Gasteiger partial charge in [-0.15, -0.1) is 0 Å². The standard InChI is InChI=1S/C14H15N3O2/c1-2-10-19-14(18)16-12-8-9-17(15-11-12)13-6-4-3-5-7-13/h3-9,11H,2,10H2,1H3. The van der Waals surface area contributed by atoms with Crippen molar-refractivity contribution in [3.63, 3.8) is 0 Å². The molecule has 1 aromatic carbocycles. The quantitative estimate of drug-likeness (QED) is 0.847. The number of hydrogen-bond donors (Lipinski definition) is 0. The van der Waals surface area contributed by atoms with E-state index in [2.05, 4.69) is 10.1 Å². The Morgan fingerprint density at radius 1 is 1.32 bits per heavy atom. The molecule has 5 heteroatoms. The highest BCUT2D eigenvalue weighted by Crippen LogP contribution is 2.02. The molecule has 1 heterocycles. The van der Waals surface area contributed by atoms with Gasteiger partial charge in [0.1, 0.15) is 0 Å². The van der Waals surface area contributed by atoms with Gasteiger partial charge in [0, 0.05) is 6.20 Å². The van der Waals surface area contributed by atoms with E-state index >= 15 is 0 Å². The second-order valence-corrected chi connectivity index (χ2v) is 3.89. The number of aromatic nitrogens is 2. The van der Waals surface area contributed by atoms with E-state index in [0.717, 1.165) is 12.1 Å². The molecule has 2 rings (SSSR count). The Morgan fingerprint density at radius 3 is 2.74 bits per heavy atom. The lowest BCUT2D eigenvalue weighted by molar-refractivity contribution is 0.156. The van der Waals surface area contributed by atoms with Crippen molar-refractivity contribution in [3.8, 4) is 5.69 Å². The van der Waals surface area contributed by atoms with E-state index in [9.17, 15) is 4.79 Å². The minimum atomic E-state index is -0.582. The van der Waals surface area contributed by atoms with Crippen molar-refractivity contribution in [2.75, 3.05) is 6.61 Å². The Hall–Kier alpha value is -2.43. The number of hydrogen-bond acceptors (Lipinski definition) is 3. The molecular formula is C14H15N3O2. The number of benzene rings is 1. The van der Waals surface area contributed by atoms with Gasteiger partial charge in [-0.05, 0) is 24.6 Å². The SMILES string of the molecule is CCCOC(=O)N=c1ccn(-c2ccccc2)nc1. The van der Waals surface area contributed by atoms with Crippen molar-refractivity contribution in [2.45, 2.75) is 13.3 Å². The van der Waals surface area contributed by atoms with Gasteiger partial charge in [-0.2, -0.15) is 10.1 Å². The van der Waals surface area contributed by atoms with E-state index in [1.165, 1.54) is 6.20 Å². The lowest BCUT2D eigenvalue weighted by atomic mass is 10.3. The van der Waals surface area contributed by atoms with Crippen molar-refractivity contribution in [3.05, 3.63) is 54.1 Å². The summed E-state index contributed by atoms with van der Waals surface area (Å²) in [4.78, 5) is 15.1. The Morgan fingerprint density at radius 2 is 2.11 bits per heavy atom. The molecule has 0 fully saturated rings. The summed E-state index contributed by atoms with van der Waals surface area (Å²) in [6.45, 7) is 2.31. The minimum absolute atomic E-state index is 0.382. The van der Waals surface area contributed by atoms with E-state index in [-0.39, 0.29) is 0 Å². The van der Waals surface area contributed by atoms with Gasteiger partial charge in [0.05, 0.1) is 23.8 Å². The summed E-state index contributed by atoms with van der Waals surface area (Å²) in [5.74, 6) is 0. The van der Waals surface area contributed by atoms with Crippen LogP contribution in [0.2, 0.25) is 0 Å². The fourth-order valence-corrected chi connectivity index (χ4v) is 1.48. The second-order valence-electron chi connectivity index (χ2n) is 3.89. The molecule has 0 unspecified atom stereocenters. The summed E-state index contributed by atoms with van der Waals surface area (Å²) in [7, 11) is 0. The monoisotopic (exact) mass is 257 g/mol. The van der Waals surface area contributed by atoms with Gasteiger partial charge in [-0.25, -0.2) is 9.48 Å². The van der Waals surface area contributed by atoms with Crippen LogP contribution in [0.1, 0.15) is 13.3 Å². The van der Waals surface area contributed by atoms with Gasteiger partial charge in [0.25, 0.3) is 0 Å². The molecule has 0 N–H and O–H groups in total. The molecule has 0 spiro atoms. The maximum absolute atomic E-state index is 11.3. The molecule has 2 aromatic rings. The first-order valence-corrected chi connectivity index (χ1v) is 6.11. The van der Waals surface area contributed by atoms with Crippen LogP contribution in [0.3, 0.4) is 0 Å². The lowest BCUT2D eigenvalue weighted by Gasteiger charge is -2.03. The lowest BCUT2D eigenvalue weighted by Crippen LogP contribution is -2.12. The van der Waals surface area contributed by atoms with Crippen molar-refractivity contribution >= 4 is 6.09 Å². The molecule has 1 aromatic heterocycles. The fraction of sp³-hybridized carbons (Fsp3) is 0.214. The van der Waals surface area contributed by atoms with Gasteiger partial charge < -0.3 is 4.74 Å². The first kappa shape index (κ1) is 13.0. The molecule has 0 radical (unpaired) electrons. The zero-order chi connectivity index (χ0) is 13.5. The Labute approximate surface area is 111 Å². The zero-order valence-electron chi connectivity index (χ0n) is 10.7. The van der Waals surface area contributed by atoms with E-state index in [4.69, 9.17) is 4.74 Å². The van der Waals surface area contributed by atoms with Gasteiger partial charge in [0.15, 0.2) is 0 Å². The van der Waals surface area contributed by atoms with Crippen LogP contribution >= 0.6 is 0 Å². The van der Waals surface area contributed by atoms with Gasteiger partial charge >= 0.3 is 6.09 Å². The molecule has 0 aliphatic rings. The van der Waals surface area contributed by atoms with Crippen molar-refractivity contribution in [1.82, 2.24) is 9.78 Å². The number of amides is 1. The van der Waals surface area contributed by atoms with Crippen molar-refractivity contribution in [1.29, 1.82) is 0 Å². The summed E-state index contributed by atoms with van der Waals surface area (Å²) in [6.07, 6.45) is 3.48. The van der Waals surface area contributed by atoms with Crippen LogP contribution in [0.4, 0.5) is 4.79 Å². The molecule has 0 saturated carbocycles. The molecule has 0 atom stereocenters. The number of nitrogens with zero attached hydrogens (tertiary/aromatic N) is 3. The van der Waals surface area contributed by atoms with Crippen LogP contribution in [-0.4, -0.2) is 22.5 Å².